The summed E-state index contributed by atoms with van der Waals surface area (Å²) in [6.07, 6.45) is 0. The van der Waals surface area contributed by atoms with Gasteiger partial charge in [0.1, 0.15) is 5.82 Å². The fourth-order valence-corrected chi connectivity index (χ4v) is 1.96. The third-order valence-corrected chi connectivity index (χ3v) is 2.71. The van der Waals surface area contributed by atoms with Gasteiger partial charge in [0.15, 0.2) is 0 Å². The van der Waals surface area contributed by atoms with E-state index in [4.69, 9.17) is 0 Å². The number of nitrogens with zero attached hydrogens (tertiary/aromatic N) is 1. The second-order valence-electron chi connectivity index (χ2n) is 3.43. The first kappa shape index (κ1) is 11.6. The highest BCUT2D eigenvalue weighted by molar-refractivity contribution is 14.1. The van der Waals surface area contributed by atoms with Crippen LogP contribution in [0.1, 0.15) is 26.3 Å². The van der Waals surface area contributed by atoms with Gasteiger partial charge in [-0.2, -0.15) is 0 Å². The third kappa shape index (κ3) is 3.04. The lowest BCUT2D eigenvalue weighted by molar-refractivity contribution is 0.627. The Balaban J connectivity index is 3.12. The number of rotatable bonds is 2. The van der Waals surface area contributed by atoms with Crippen molar-refractivity contribution in [2.24, 2.45) is 4.99 Å². The Labute approximate surface area is 97.6 Å². The lowest BCUT2D eigenvalue weighted by Crippen LogP contribution is -2.03. The van der Waals surface area contributed by atoms with E-state index in [-0.39, 0.29) is 11.9 Å². The molecule has 0 radical (unpaired) electrons. The largest absolute Gasteiger partial charge is 0.287 e. The molecule has 0 saturated heterocycles. The van der Waals surface area contributed by atoms with Crippen molar-refractivity contribution in [3.8, 4) is 0 Å². The molecule has 1 rings (SSSR count). The van der Waals surface area contributed by atoms with E-state index in [0.29, 0.717) is 0 Å². The maximum Gasteiger partial charge on any atom is 0.123 e. The van der Waals surface area contributed by atoms with Gasteiger partial charge in [-0.05, 0) is 61.6 Å². The summed E-state index contributed by atoms with van der Waals surface area (Å²) in [7, 11) is 0. The molecular weight excluding hydrogens is 292 g/mol. The van der Waals surface area contributed by atoms with E-state index in [2.05, 4.69) is 27.6 Å². The van der Waals surface area contributed by atoms with Gasteiger partial charge in [-0.25, -0.2) is 4.39 Å². The standard InChI is InChI=1S/C11H13FIN/c1-7(2)14-8(3)10-6-9(12)4-5-11(10)13/h4-7H,1-3H3/b14-8-. The monoisotopic (exact) mass is 305 g/mol. The highest BCUT2D eigenvalue weighted by Crippen LogP contribution is 2.15. The second kappa shape index (κ2) is 4.87. The molecular formula is C11H13FIN. The summed E-state index contributed by atoms with van der Waals surface area (Å²) in [4.78, 5) is 4.39. The van der Waals surface area contributed by atoms with E-state index in [1.54, 1.807) is 6.07 Å². The Bertz CT molecular complexity index is 358. The van der Waals surface area contributed by atoms with Crippen LogP contribution in [0.5, 0.6) is 0 Å². The maximum absolute atomic E-state index is 13.0. The van der Waals surface area contributed by atoms with Crippen molar-refractivity contribution < 1.29 is 4.39 Å². The molecule has 0 N–H and O–H groups in total. The molecule has 0 aliphatic rings. The Morgan fingerprint density at radius 3 is 2.64 bits per heavy atom. The van der Waals surface area contributed by atoms with Gasteiger partial charge in [0.05, 0.1) is 0 Å². The summed E-state index contributed by atoms with van der Waals surface area (Å²) in [5.74, 6) is -0.210. The second-order valence-corrected chi connectivity index (χ2v) is 4.59. The Hall–Kier alpha value is -0.450. The van der Waals surface area contributed by atoms with E-state index < -0.39 is 0 Å². The average Bonchev–Trinajstić information content (AvgIpc) is 2.08. The van der Waals surface area contributed by atoms with E-state index in [0.717, 1.165) is 14.8 Å². The first-order valence-corrected chi connectivity index (χ1v) is 5.58. The van der Waals surface area contributed by atoms with E-state index in [1.807, 2.05) is 20.8 Å². The van der Waals surface area contributed by atoms with E-state index in [9.17, 15) is 4.39 Å². The number of aliphatic imine (C=N–C) groups is 1. The molecule has 0 aliphatic heterocycles. The van der Waals surface area contributed by atoms with Crippen LogP contribution in [0.15, 0.2) is 23.2 Å². The molecule has 0 atom stereocenters. The Morgan fingerprint density at radius 2 is 2.07 bits per heavy atom. The molecule has 0 bridgehead atoms. The molecule has 3 heteroatoms. The fraction of sp³-hybridized carbons (Fsp3) is 0.364. The van der Waals surface area contributed by atoms with E-state index in [1.165, 1.54) is 12.1 Å². The summed E-state index contributed by atoms with van der Waals surface area (Å²) in [6.45, 7) is 5.93. The first-order valence-electron chi connectivity index (χ1n) is 4.50. The van der Waals surface area contributed by atoms with Crippen LogP contribution in [0.4, 0.5) is 4.39 Å². The average molecular weight is 305 g/mol. The van der Waals surface area contributed by atoms with Crippen LogP contribution >= 0.6 is 22.6 Å². The van der Waals surface area contributed by atoms with Crippen LogP contribution in [0.2, 0.25) is 0 Å². The lowest BCUT2D eigenvalue weighted by atomic mass is 10.1. The zero-order valence-corrected chi connectivity index (χ0v) is 10.7. The normalized spacial score (nSPS) is 12.3. The van der Waals surface area contributed by atoms with Crippen LogP contribution in [0.3, 0.4) is 0 Å². The van der Waals surface area contributed by atoms with Crippen LogP contribution in [0, 0.1) is 9.39 Å². The molecule has 0 amide bonds. The minimum Gasteiger partial charge on any atom is -0.287 e. The summed E-state index contributed by atoms with van der Waals surface area (Å²) in [5, 5.41) is 0. The zero-order chi connectivity index (χ0) is 10.7. The summed E-state index contributed by atoms with van der Waals surface area (Å²) in [5.41, 5.74) is 1.78. The van der Waals surface area contributed by atoms with Crippen LogP contribution in [-0.4, -0.2) is 11.8 Å². The van der Waals surface area contributed by atoms with Gasteiger partial charge < -0.3 is 0 Å². The lowest BCUT2D eigenvalue weighted by Gasteiger charge is -2.06. The molecule has 0 aliphatic carbocycles. The molecule has 1 aromatic carbocycles. The number of halogens is 2. The van der Waals surface area contributed by atoms with Crippen molar-refractivity contribution in [3.63, 3.8) is 0 Å². The maximum atomic E-state index is 13.0. The zero-order valence-electron chi connectivity index (χ0n) is 8.51. The van der Waals surface area contributed by atoms with Crippen molar-refractivity contribution >= 4 is 28.3 Å². The summed E-state index contributed by atoms with van der Waals surface area (Å²) >= 11 is 2.19. The van der Waals surface area contributed by atoms with Gasteiger partial charge in [0.25, 0.3) is 0 Å². The number of hydrogen-bond acceptors (Lipinski definition) is 1. The minimum atomic E-state index is -0.210. The first-order chi connectivity index (χ1) is 6.50. The highest BCUT2D eigenvalue weighted by atomic mass is 127. The SMILES string of the molecule is C/C(=N/C(C)C)c1cc(F)ccc1I. The van der Waals surface area contributed by atoms with Crippen molar-refractivity contribution in [2.75, 3.05) is 0 Å². The predicted molar refractivity (Wildman–Crippen MR) is 66.5 cm³/mol. The van der Waals surface area contributed by atoms with Crippen molar-refractivity contribution in [1.82, 2.24) is 0 Å². The van der Waals surface area contributed by atoms with Crippen molar-refractivity contribution in [3.05, 3.63) is 33.1 Å². The van der Waals surface area contributed by atoms with Gasteiger partial charge in [-0.1, -0.05) is 0 Å². The topological polar surface area (TPSA) is 12.4 Å². The molecule has 0 aromatic heterocycles. The minimum absolute atomic E-state index is 0.210. The van der Waals surface area contributed by atoms with Gasteiger partial charge in [-0.3, -0.25) is 4.99 Å². The number of benzene rings is 1. The quantitative estimate of drug-likeness (QED) is 0.584. The molecule has 0 heterocycles. The van der Waals surface area contributed by atoms with Crippen molar-refractivity contribution in [1.29, 1.82) is 0 Å². The predicted octanol–water partition coefficient (Wildman–Crippen LogP) is 3.65. The van der Waals surface area contributed by atoms with E-state index >= 15 is 0 Å². The number of hydrogen-bond donors (Lipinski definition) is 0. The Morgan fingerprint density at radius 1 is 1.43 bits per heavy atom. The van der Waals surface area contributed by atoms with Gasteiger partial charge >= 0.3 is 0 Å². The summed E-state index contributed by atoms with van der Waals surface area (Å²) < 4.78 is 14.0. The van der Waals surface area contributed by atoms with Crippen molar-refractivity contribution in [2.45, 2.75) is 26.8 Å². The smallest absolute Gasteiger partial charge is 0.123 e. The molecule has 0 spiro atoms. The molecule has 14 heavy (non-hydrogen) atoms. The van der Waals surface area contributed by atoms with Gasteiger partial charge in [0, 0.05) is 20.9 Å². The van der Waals surface area contributed by atoms with Gasteiger partial charge in [0.2, 0.25) is 0 Å². The molecule has 0 unspecified atom stereocenters. The van der Waals surface area contributed by atoms with Crippen LogP contribution in [-0.2, 0) is 0 Å². The Kier molecular flexibility index (Phi) is 4.04. The molecule has 0 saturated carbocycles. The molecule has 1 nitrogen and oxygen atoms in total. The van der Waals surface area contributed by atoms with Crippen LogP contribution in [0.25, 0.3) is 0 Å². The fourth-order valence-electron chi connectivity index (χ4n) is 1.23. The molecule has 1 aromatic rings. The highest BCUT2D eigenvalue weighted by Gasteiger charge is 2.05. The van der Waals surface area contributed by atoms with Gasteiger partial charge in [-0.15, -0.1) is 0 Å². The molecule has 0 fully saturated rings. The third-order valence-electron chi connectivity index (χ3n) is 1.77. The van der Waals surface area contributed by atoms with Crippen LogP contribution < -0.4 is 0 Å². The summed E-state index contributed by atoms with van der Waals surface area (Å²) in [6, 6.07) is 5.01. The molecule has 76 valence electrons.